The average Bonchev–Trinajstić information content (AvgIpc) is 3.05. The molecule has 29 heavy (non-hydrogen) atoms. The molecule has 2 aromatic carbocycles. The van der Waals surface area contributed by atoms with Gasteiger partial charge in [-0.05, 0) is 30.5 Å². The van der Waals surface area contributed by atoms with E-state index in [1.807, 2.05) is 18.2 Å². The second-order valence-corrected chi connectivity index (χ2v) is 6.80. The molecular weight excluding hydrogens is 369 g/mol. The average molecular weight is 387 g/mol. The Morgan fingerprint density at radius 1 is 1.07 bits per heavy atom. The molecule has 2 heterocycles. The number of hydrogen-bond donors (Lipinski definition) is 2. The molecule has 0 saturated heterocycles. The van der Waals surface area contributed by atoms with Crippen molar-refractivity contribution in [3.05, 3.63) is 71.8 Å². The Balaban J connectivity index is 1.78. The first-order valence-electron chi connectivity index (χ1n) is 8.92. The third-order valence-electron chi connectivity index (χ3n) is 4.58. The normalized spacial score (nSPS) is 13.0. The van der Waals surface area contributed by atoms with Gasteiger partial charge >= 0.3 is 0 Å². The zero-order valence-corrected chi connectivity index (χ0v) is 15.9. The molecule has 1 unspecified atom stereocenters. The summed E-state index contributed by atoms with van der Waals surface area (Å²) in [6.45, 7) is 1.60. The number of aryl methyl sites for hydroxylation is 1. The highest BCUT2D eigenvalue weighted by atomic mass is 19.1. The lowest BCUT2D eigenvalue weighted by molar-refractivity contribution is 0.122. The summed E-state index contributed by atoms with van der Waals surface area (Å²) in [6.07, 6.45) is 0. The van der Waals surface area contributed by atoms with Gasteiger partial charge in [0.25, 0.3) is 0 Å². The van der Waals surface area contributed by atoms with Crippen molar-refractivity contribution in [1.82, 2.24) is 19.5 Å². The number of anilines is 1. The molecule has 3 N–H and O–H groups in total. The smallest absolute Gasteiger partial charge is 0.209 e. The number of benzene rings is 2. The summed E-state index contributed by atoms with van der Waals surface area (Å²) < 4.78 is 15.3. The van der Waals surface area contributed by atoms with Crippen molar-refractivity contribution in [2.45, 2.75) is 12.5 Å². The number of nitrogens with zero attached hydrogens (tertiary/aromatic N) is 4. The molecule has 4 aromatic rings. The zero-order chi connectivity index (χ0) is 20.6. The number of imidazole rings is 1. The van der Waals surface area contributed by atoms with Gasteiger partial charge in [0, 0.05) is 12.6 Å². The van der Waals surface area contributed by atoms with Crippen molar-refractivity contribution in [2.24, 2.45) is 7.05 Å². The van der Waals surface area contributed by atoms with Crippen LogP contribution in [0.15, 0.2) is 54.6 Å². The van der Waals surface area contributed by atoms with E-state index in [2.05, 4.69) is 26.8 Å². The molecule has 0 amide bonds. The number of fused-ring (bicyclic) bond motifs is 1. The summed E-state index contributed by atoms with van der Waals surface area (Å²) in [5.74, 6) is 6.08. The maximum Gasteiger partial charge on any atom is 0.209 e. The quantitative estimate of drug-likeness (QED) is 0.516. The minimum absolute atomic E-state index is 0.164. The molecule has 0 radical (unpaired) electrons. The second-order valence-electron chi connectivity index (χ2n) is 6.80. The van der Waals surface area contributed by atoms with Gasteiger partial charge in [-0.15, -0.1) is 0 Å². The molecule has 0 aliphatic heterocycles. The lowest BCUT2D eigenvalue weighted by Crippen LogP contribution is -2.18. The molecule has 7 heteroatoms. The molecule has 0 spiro atoms. The number of halogens is 1. The predicted molar refractivity (Wildman–Crippen MR) is 109 cm³/mol. The van der Waals surface area contributed by atoms with Gasteiger partial charge in [0.2, 0.25) is 5.82 Å². The maximum atomic E-state index is 13.6. The van der Waals surface area contributed by atoms with Crippen LogP contribution in [0.4, 0.5) is 10.2 Å². The first-order valence-corrected chi connectivity index (χ1v) is 8.92. The Hall–Kier alpha value is -3.76. The Morgan fingerprint density at radius 2 is 1.83 bits per heavy atom. The molecule has 1 atom stereocenters. The highest BCUT2D eigenvalue weighted by molar-refractivity contribution is 5.85. The van der Waals surface area contributed by atoms with Crippen molar-refractivity contribution < 1.29 is 9.50 Å². The number of rotatable bonds is 2. The van der Waals surface area contributed by atoms with E-state index in [0.29, 0.717) is 28.1 Å². The molecule has 0 bridgehead atoms. The number of nitrogens with two attached hydrogens (primary N) is 1. The Bertz CT molecular complexity index is 1270. The Kier molecular flexibility index (Phi) is 4.49. The Morgan fingerprint density at radius 3 is 2.55 bits per heavy atom. The fourth-order valence-electron chi connectivity index (χ4n) is 3.04. The third kappa shape index (κ3) is 3.53. The van der Waals surface area contributed by atoms with Crippen LogP contribution in [0.1, 0.15) is 18.3 Å². The summed E-state index contributed by atoms with van der Waals surface area (Å²) in [4.78, 5) is 13.1. The van der Waals surface area contributed by atoms with E-state index >= 15 is 0 Å². The van der Waals surface area contributed by atoms with E-state index in [9.17, 15) is 9.50 Å². The first kappa shape index (κ1) is 18.6. The van der Waals surface area contributed by atoms with E-state index in [0.717, 1.165) is 0 Å². The fourth-order valence-corrected chi connectivity index (χ4v) is 3.04. The van der Waals surface area contributed by atoms with Crippen molar-refractivity contribution in [1.29, 1.82) is 0 Å². The van der Waals surface area contributed by atoms with Crippen LogP contribution in [0.3, 0.4) is 0 Å². The van der Waals surface area contributed by atoms with Crippen LogP contribution < -0.4 is 5.73 Å². The van der Waals surface area contributed by atoms with E-state index in [-0.39, 0.29) is 17.5 Å². The molecule has 0 aliphatic carbocycles. The standard InChI is InChI=1S/C22H18FN5O/c1-22(29,15-8-4-3-5-9-15)12-11-17-25-19(24)18-21(26-17)28(2)20(27-18)14-7-6-10-16(23)13-14/h3-10,13,29H,1-2H3,(H2,24,25,26). The fraction of sp³-hybridized carbons (Fsp3) is 0.136. The number of aliphatic hydroxyl groups is 1. The Labute approximate surface area is 166 Å². The van der Waals surface area contributed by atoms with Gasteiger partial charge in [-0.3, -0.25) is 0 Å². The highest BCUT2D eigenvalue weighted by Crippen LogP contribution is 2.25. The summed E-state index contributed by atoms with van der Waals surface area (Å²) in [7, 11) is 1.76. The summed E-state index contributed by atoms with van der Waals surface area (Å²) in [5, 5.41) is 10.6. The summed E-state index contributed by atoms with van der Waals surface area (Å²) in [6, 6.07) is 15.2. The zero-order valence-electron chi connectivity index (χ0n) is 15.9. The van der Waals surface area contributed by atoms with E-state index in [4.69, 9.17) is 5.73 Å². The highest BCUT2D eigenvalue weighted by Gasteiger charge is 2.20. The van der Waals surface area contributed by atoms with Crippen molar-refractivity contribution in [3.8, 4) is 23.2 Å². The first-order chi connectivity index (χ1) is 13.8. The third-order valence-corrected chi connectivity index (χ3v) is 4.58. The van der Waals surface area contributed by atoms with Crippen molar-refractivity contribution in [3.63, 3.8) is 0 Å². The van der Waals surface area contributed by atoms with Crippen LogP contribution in [0.5, 0.6) is 0 Å². The molecule has 0 fully saturated rings. The van der Waals surface area contributed by atoms with Gasteiger partial charge in [0.15, 0.2) is 17.0 Å². The predicted octanol–water partition coefficient (Wildman–Crippen LogP) is 3.01. The van der Waals surface area contributed by atoms with Crippen LogP contribution in [-0.2, 0) is 12.6 Å². The minimum atomic E-state index is -1.37. The van der Waals surface area contributed by atoms with E-state index in [1.165, 1.54) is 12.1 Å². The second kappa shape index (κ2) is 7.00. The van der Waals surface area contributed by atoms with Crippen LogP contribution >= 0.6 is 0 Å². The van der Waals surface area contributed by atoms with Crippen molar-refractivity contribution in [2.75, 3.05) is 5.73 Å². The largest absolute Gasteiger partial charge is 0.382 e. The topological polar surface area (TPSA) is 89.9 Å². The van der Waals surface area contributed by atoms with Gasteiger partial charge in [0.05, 0.1) is 0 Å². The van der Waals surface area contributed by atoms with Crippen molar-refractivity contribution >= 4 is 17.0 Å². The molecule has 0 aliphatic rings. The number of hydrogen-bond acceptors (Lipinski definition) is 5. The molecule has 2 aromatic heterocycles. The minimum Gasteiger partial charge on any atom is -0.382 e. The summed E-state index contributed by atoms with van der Waals surface area (Å²) in [5.41, 5.74) is 6.84. The summed E-state index contributed by atoms with van der Waals surface area (Å²) >= 11 is 0. The van der Waals surface area contributed by atoms with Crippen LogP contribution in [0.2, 0.25) is 0 Å². The van der Waals surface area contributed by atoms with E-state index < -0.39 is 5.60 Å². The number of nitrogen functional groups attached to an aromatic ring is 1. The maximum absolute atomic E-state index is 13.6. The van der Waals surface area contributed by atoms with Crippen LogP contribution in [0.25, 0.3) is 22.6 Å². The number of aromatic nitrogens is 4. The van der Waals surface area contributed by atoms with Gasteiger partial charge in [-0.2, -0.15) is 0 Å². The lowest BCUT2D eigenvalue weighted by Gasteiger charge is -2.16. The van der Waals surface area contributed by atoms with Gasteiger partial charge in [-0.1, -0.05) is 48.4 Å². The van der Waals surface area contributed by atoms with Crippen LogP contribution in [-0.4, -0.2) is 24.6 Å². The van der Waals surface area contributed by atoms with Gasteiger partial charge < -0.3 is 15.4 Å². The molecule has 4 rings (SSSR count). The lowest BCUT2D eigenvalue weighted by atomic mass is 9.97. The molecule has 6 nitrogen and oxygen atoms in total. The molecule has 144 valence electrons. The van der Waals surface area contributed by atoms with Crippen LogP contribution in [0, 0.1) is 17.7 Å². The van der Waals surface area contributed by atoms with E-state index in [1.54, 1.807) is 42.8 Å². The molecule has 0 saturated carbocycles. The molecular formula is C22H18FN5O. The SMILES string of the molecule is Cn1c(-c2cccc(F)c2)nc2c(N)nc(C#CC(C)(O)c3ccccc3)nc21. The monoisotopic (exact) mass is 387 g/mol. The van der Waals surface area contributed by atoms with Gasteiger partial charge in [-0.25, -0.2) is 19.3 Å². The van der Waals surface area contributed by atoms with Gasteiger partial charge in [0.1, 0.15) is 17.2 Å².